The first kappa shape index (κ1) is 19.1. The van der Waals surface area contributed by atoms with Crippen LogP contribution in [0.3, 0.4) is 0 Å². The molecule has 2 amide bonds. The minimum atomic E-state index is -0.189. The third-order valence-corrected chi connectivity index (χ3v) is 3.64. The van der Waals surface area contributed by atoms with Crippen LogP contribution in [0.25, 0.3) is 6.08 Å². The molecule has 0 aromatic heterocycles. The Bertz CT molecular complexity index is 752. The lowest BCUT2D eigenvalue weighted by Crippen LogP contribution is -2.26. The fourth-order valence-corrected chi connectivity index (χ4v) is 2.19. The van der Waals surface area contributed by atoms with Gasteiger partial charge in [0, 0.05) is 24.7 Å². The Morgan fingerprint density at radius 2 is 1.35 bits per heavy atom. The Balaban J connectivity index is 1.58. The molecule has 0 spiro atoms. The van der Waals surface area contributed by atoms with Crippen molar-refractivity contribution in [3.8, 4) is 11.5 Å². The molecule has 0 saturated carbocycles. The number of carbonyl (C=O) groups excluding carboxylic acids is 2. The van der Waals surface area contributed by atoms with Crippen LogP contribution < -0.4 is 10.6 Å². The van der Waals surface area contributed by atoms with Crippen LogP contribution in [0.2, 0.25) is 0 Å². The molecule has 0 aliphatic heterocycles. The summed E-state index contributed by atoms with van der Waals surface area (Å²) in [4.78, 5) is 23.5. The summed E-state index contributed by atoms with van der Waals surface area (Å²) in [6.45, 7) is 1.03. The zero-order chi connectivity index (χ0) is 18.8. The van der Waals surface area contributed by atoms with E-state index in [4.69, 9.17) is 0 Å². The maximum atomic E-state index is 11.9. The molecule has 2 aromatic carbocycles. The van der Waals surface area contributed by atoms with Gasteiger partial charge in [0.25, 0.3) is 5.91 Å². The number of unbranched alkanes of at least 4 members (excludes halogenated alkanes) is 1. The van der Waals surface area contributed by atoms with Gasteiger partial charge in [-0.25, -0.2) is 0 Å². The Labute approximate surface area is 152 Å². The number of hydrogen-bond donors (Lipinski definition) is 4. The normalized spacial score (nSPS) is 10.6. The van der Waals surface area contributed by atoms with Crippen LogP contribution in [0.4, 0.5) is 0 Å². The Morgan fingerprint density at radius 3 is 1.96 bits per heavy atom. The maximum absolute atomic E-state index is 11.9. The fourth-order valence-electron chi connectivity index (χ4n) is 2.19. The molecule has 6 heteroatoms. The number of benzene rings is 2. The summed E-state index contributed by atoms with van der Waals surface area (Å²) in [5.41, 5.74) is 1.32. The van der Waals surface area contributed by atoms with Crippen LogP contribution >= 0.6 is 0 Å². The number of aromatic hydroxyl groups is 2. The number of phenolic OH excluding ortho intramolecular Hbond substituents is 2. The highest BCUT2D eigenvalue weighted by Gasteiger charge is 2.04. The van der Waals surface area contributed by atoms with Crippen molar-refractivity contribution in [3.63, 3.8) is 0 Å². The molecule has 0 saturated heterocycles. The van der Waals surface area contributed by atoms with Crippen molar-refractivity contribution in [1.82, 2.24) is 10.6 Å². The molecule has 0 radical (unpaired) electrons. The first-order valence-corrected chi connectivity index (χ1v) is 8.37. The standard InChI is InChI=1S/C20H22N2O4/c23-17-8-3-15(4-9-17)5-12-19(25)21-13-1-2-14-22-20(26)16-6-10-18(24)11-7-16/h3-12,23-24H,1-2,13-14H2,(H,21,25)(H,22,26). The van der Waals surface area contributed by atoms with Gasteiger partial charge in [0.2, 0.25) is 5.91 Å². The molecule has 26 heavy (non-hydrogen) atoms. The molecule has 2 aromatic rings. The first-order chi connectivity index (χ1) is 12.5. The second-order valence-corrected chi connectivity index (χ2v) is 5.73. The molecule has 0 atom stereocenters. The summed E-state index contributed by atoms with van der Waals surface area (Å²) < 4.78 is 0. The lowest BCUT2D eigenvalue weighted by atomic mass is 10.2. The predicted octanol–water partition coefficient (Wildman–Crippen LogP) is 2.44. The number of nitrogens with one attached hydrogen (secondary N) is 2. The van der Waals surface area contributed by atoms with E-state index >= 15 is 0 Å². The molecule has 136 valence electrons. The average molecular weight is 354 g/mol. The molecular weight excluding hydrogens is 332 g/mol. The number of amides is 2. The number of rotatable bonds is 8. The Hall–Kier alpha value is -3.28. The van der Waals surface area contributed by atoms with Gasteiger partial charge in [-0.3, -0.25) is 9.59 Å². The summed E-state index contributed by atoms with van der Waals surface area (Å²) >= 11 is 0. The van der Waals surface area contributed by atoms with Crippen LogP contribution in [-0.2, 0) is 4.79 Å². The molecule has 2 rings (SSSR count). The van der Waals surface area contributed by atoms with Crippen LogP contribution in [0.15, 0.2) is 54.6 Å². The van der Waals surface area contributed by atoms with E-state index in [1.54, 1.807) is 42.5 Å². The van der Waals surface area contributed by atoms with Crippen molar-refractivity contribution >= 4 is 17.9 Å². The van der Waals surface area contributed by atoms with Gasteiger partial charge in [0.05, 0.1) is 0 Å². The van der Waals surface area contributed by atoms with Gasteiger partial charge < -0.3 is 20.8 Å². The summed E-state index contributed by atoms with van der Waals surface area (Å²) in [6, 6.07) is 12.6. The summed E-state index contributed by atoms with van der Waals surface area (Å²) in [7, 11) is 0. The summed E-state index contributed by atoms with van der Waals surface area (Å²) in [6.07, 6.45) is 4.60. The predicted molar refractivity (Wildman–Crippen MR) is 99.8 cm³/mol. The Morgan fingerprint density at radius 1 is 0.808 bits per heavy atom. The van der Waals surface area contributed by atoms with E-state index in [9.17, 15) is 19.8 Å². The van der Waals surface area contributed by atoms with Crippen molar-refractivity contribution in [2.75, 3.05) is 13.1 Å². The zero-order valence-electron chi connectivity index (χ0n) is 14.3. The Kier molecular flexibility index (Phi) is 7.24. The minimum Gasteiger partial charge on any atom is -0.508 e. The lowest BCUT2D eigenvalue weighted by molar-refractivity contribution is -0.116. The lowest BCUT2D eigenvalue weighted by Gasteiger charge is -2.06. The molecule has 0 aliphatic carbocycles. The first-order valence-electron chi connectivity index (χ1n) is 8.37. The highest BCUT2D eigenvalue weighted by atomic mass is 16.3. The van der Waals surface area contributed by atoms with Crippen molar-refractivity contribution in [1.29, 1.82) is 0 Å². The van der Waals surface area contributed by atoms with E-state index in [0.717, 1.165) is 18.4 Å². The van der Waals surface area contributed by atoms with Gasteiger partial charge in [-0.2, -0.15) is 0 Å². The van der Waals surface area contributed by atoms with Crippen LogP contribution in [-0.4, -0.2) is 35.1 Å². The average Bonchev–Trinajstić information content (AvgIpc) is 2.64. The van der Waals surface area contributed by atoms with E-state index < -0.39 is 0 Å². The molecule has 0 unspecified atom stereocenters. The van der Waals surface area contributed by atoms with Crippen molar-refractivity contribution in [2.45, 2.75) is 12.8 Å². The number of hydrogen-bond acceptors (Lipinski definition) is 4. The van der Waals surface area contributed by atoms with Gasteiger partial charge in [-0.15, -0.1) is 0 Å². The molecule has 4 N–H and O–H groups in total. The van der Waals surface area contributed by atoms with Crippen LogP contribution in [0.1, 0.15) is 28.8 Å². The van der Waals surface area contributed by atoms with E-state index in [2.05, 4.69) is 10.6 Å². The van der Waals surface area contributed by atoms with Gasteiger partial charge in [0.1, 0.15) is 11.5 Å². The third kappa shape index (κ3) is 6.68. The highest BCUT2D eigenvalue weighted by molar-refractivity contribution is 5.94. The number of carbonyl (C=O) groups is 2. The SMILES string of the molecule is O=C(C=Cc1ccc(O)cc1)NCCCCNC(=O)c1ccc(O)cc1. The van der Waals surface area contributed by atoms with Crippen molar-refractivity contribution in [2.24, 2.45) is 0 Å². The molecule has 0 bridgehead atoms. The molecule has 0 fully saturated rings. The van der Waals surface area contributed by atoms with Crippen molar-refractivity contribution in [3.05, 3.63) is 65.7 Å². The van der Waals surface area contributed by atoms with Crippen LogP contribution in [0.5, 0.6) is 11.5 Å². The minimum absolute atomic E-state index is 0.122. The third-order valence-electron chi connectivity index (χ3n) is 3.64. The molecular formula is C20H22N2O4. The topological polar surface area (TPSA) is 98.7 Å². The quantitative estimate of drug-likeness (QED) is 0.432. The fraction of sp³-hybridized carbons (Fsp3) is 0.200. The van der Waals surface area contributed by atoms with E-state index in [-0.39, 0.29) is 23.3 Å². The highest BCUT2D eigenvalue weighted by Crippen LogP contribution is 2.11. The second-order valence-electron chi connectivity index (χ2n) is 5.73. The molecule has 0 aliphatic rings. The number of phenols is 2. The monoisotopic (exact) mass is 354 g/mol. The largest absolute Gasteiger partial charge is 0.508 e. The summed E-state index contributed by atoms with van der Waals surface area (Å²) in [5.74, 6) is -0.0714. The van der Waals surface area contributed by atoms with Gasteiger partial charge in [-0.1, -0.05) is 12.1 Å². The van der Waals surface area contributed by atoms with E-state index in [1.165, 1.54) is 18.2 Å². The smallest absolute Gasteiger partial charge is 0.251 e. The van der Waals surface area contributed by atoms with Crippen LogP contribution in [0, 0.1) is 0 Å². The zero-order valence-corrected chi connectivity index (χ0v) is 14.3. The van der Waals surface area contributed by atoms with Crippen molar-refractivity contribution < 1.29 is 19.8 Å². The van der Waals surface area contributed by atoms with E-state index in [1.807, 2.05) is 0 Å². The maximum Gasteiger partial charge on any atom is 0.251 e. The van der Waals surface area contributed by atoms with Gasteiger partial charge in [0.15, 0.2) is 0 Å². The van der Waals surface area contributed by atoms with E-state index in [0.29, 0.717) is 18.7 Å². The van der Waals surface area contributed by atoms with Gasteiger partial charge >= 0.3 is 0 Å². The second kappa shape index (κ2) is 9.88. The molecule has 0 heterocycles. The molecule has 6 nitrogen and oxygen atoms in total. The van der Waals surface area contributed by atoms with Gasteiger partial charge in [-0.05, 0) is 60.9 Å². The summed E-state index contributed by atoms with van der Waals surface area (Å²) in [5, 5.41) is 23.9.